The van der Waals surface area contributed by atoms with Crippen LogP contribution in [0.15, 0.2) is 51.7 Å². The maximum absolute atomic E-state index is 12.5. The Morgan fingerprint density at radius 1 is 1.15 bits per heavy atom. The predicted octanol–water partition coefficient (Wildman–Crippen LogP) is 2.73. The normalized spacial score (nSPS) is 10.5. The van der Waals surface area contributed by atoms with E-state index in [-0.39, 0.29) is 22.5 Å². The summed E-state index contributed by atoms with van der Waals surface area (Å²) in [5, 5.41) is 10.4. The number of fused-ring (bicyclic) bond motifs is 1. The number of carbonyl (C=O) groups is 1. The third-order valence-corrected chi connectivity index (χ3v) is 3.75. The second-order valence-corrected chi connectivity index (χ2v) is 5.34. The van der Waals surface area contributed by atoms with Crippen LogP contribution in [0.25, 0.3) is 22.3 Å². The first-order valence-electron chi connectivity index (χ1n) is 7.68. The largest absolute Gasteiger partial charge is 0.504 e. The van der Waals surface area contributed by atoms with Crippen molar-refractivity contribution in [2.24, 2.45) is 0 Å². The number of phenolic OH excluding ortho intramolecular Hbond substituents is 1. The molecule has 0 aliphatic rings. The maximum atomic E-state index is 12.5. The number of aromatic hydroxyl groups is 1. The molecule has 0 aliphatic heterocycles. The first kappa shape index (κ1) is 17.3. The lowest BCUT2D eigenvalue weighted by Gasteiger charge is -2.13. The molecule has 7 nitrogen and oxygen atoms in total. The van der Waals surface area contributed by atoms with E-state index >= 15 is 0 Å². The van der Waals surface area contributed by atoms with Crippen LogP contribution in [0.2, 0.25) is 0 Å². The van der Waals surface area contributed by atoms with Crippen molar-refractivity contribution in [3.05, 3.63) is 52.7 Å². The van der Waals surface area contributed by atoms with Gasteiger partial charge in [-0.2, -0.15) is 0 Å². The zero-order valence-electron chi connectivity index (χ0n) is 14.1. The van der Waals surface area contributed by atoms with E-state index in [4.69, 9.17) is 13.9 Å². The topological polar surface area (TPSA) is 95.2 Å². The van der Waals surface area contributed by atoms with Crippen molar-refractivity contribution in [3.63, 3.8) is 0 Å². The number of benzene rings is 2. The molecule has 1 N–H and O–H groups in total. The molecule has 0 unspecified atom stereocenters. The van der Waals surface area contributed by atoms with Crippen molar-refractivity contribution >= 4 is 16.9 Å². The maximum Gasteiger partial charge on any atom is 0.343 e. The standard InChI is InChI=1S/C19H16O7/c1-23-15-9-14-17(18(22)19(15)25-10-16(21)24-2)12(20)8-13(26-14)11-6-4-3-5-7-11/h3-9,22H,10H2,1-2H3. The van der Waals surface area contributed by atoms with Crippen LogP contribution < -0.4 is 14.9 Å². The molecular weight excluding hydrogens is 340 g/mol. The first-order valence-corrected chi connectivity index (χ1v) is 7.68. The Labute approximate surface area is 148 Å². The molecule has 0 atom stereocenters. The molecule has 0 saturated carbocycles. The molecule has 7 heteroatoms. The van der Waals surface area contributed by atoms with Gasteiger partial charge in [0.15, 0.2) is 23.5 Å². The van der Waals surface area contributed by atoms with Gasteiger partial charge in [0, 0.05) is 17.7 Å². The van der Waals surface area contributed by atoms with E-state index in [1.54, 1.807) is 12.1 Å². The predicted molar refractivity (Wildman–Crippen MR) is 93.6 cm³/mol. The highest BCUT2D eigenvalue weighted by Crippen LogP contribution is 2.42. The summed E-state index contributed by atoms with van der Waals surface area (Å²) < 4.78 is 20.7. The molecule has 0 radical (unpaired) electrons. The Hall–Kier alpha value is -3.48. The Balaban J connectivity index is 2.16. The molecule has 134 valence electrons. The van der Waals surface area contributed by atoms with Crippen LogP contribution in [-0.4, -0.2) is 31.9 Å². The van der Waals surface area contributed by atoms with Gasteiger partial charge in [0.1, 0.15) is 16.7 Å². The summed E-state index contributed by atoms with van der Waals surface area (Å²) in [5.41, 5.74) is 0.403. The van der Waals surface area contributed by atoms with Gasteiger partial charge in [-0.25, -0.2) is 4.79 Å². The van der Waals surface area contributed by atoms with Gasteiger partial charge in [-0.15, -0.1) is 0 Å². The fourth-order valence-corrected chi connectivity index (χ4v) is 2.49. The van der Waals surface area contributed by atoms with Gasteiger partial charge < -0.3 is 23.7 Å². The number of carbonyl (C=O) groups excluding carboxylic acids is 1. The fourth-order valence-electron chi connectivity index (χ4n) is 2.49. The molecule has 0 spiro atoms. The Morgan fingerprint density at radius 2 is 1.88 bits per heavy atom. The van der Waals surface area contributed by atoms with Crippen LogP contribution in [0.1, 0.15) is 0 Å². The van der Waals surface area contributed by atoms with Crippen molar-refractivity contribution in [1.29, 1.82) is 0 Å². The number of methoxy groups -OCH3 is 2. The summed E-state index contributed by atoms with van der Waals surface area (Å²) in [6.07, 6.45) is 0. The molecule has 0 saturated heterocycles. The minimum absolute atomic E-state index is 0.0645. The zero-order valence-corrected chi connectivity index (χ0v) is 14.1. The quantitative estimate of drug-likeness (QED) is 0.702. The minimum Gasteiger partial charge on any atom is -0.504 e. The smallest absolute Gasteiger partial charge is 0.343 e. The molecule has 3 rings (SSSR count). The molecule has 0 bridgehead atoms. The average molecular weight is 356 g/mol. The second-order valence-electron chi connectivity index (χ2n) is 5.34. The molecule has 0 amide bonds. The van der Waals surface area contributed by atoms with Gasteiger partial charge in [0.25, 0.3) is 0 Å². The van der Waals surface area contributed by atoms with Crippen LogP contribution in [-0.2, 0) is 9.53 Å². The summed E-state index contributed by atoms with van der Waals surface area (Å²) in [7, 11) is 2.58. The summed E-state index contributed by atoms with van der Waals surface area (Å²) >= 11 is 0. The molecular formula is C19H16O7. The van der Waals surface area contributed by atoms with E-state index in [2.05, 4.69) is 4.74 Å². The van der Waals surface area contributed by atoms with Crippen LogP contribution in [0.4, 0.5) is 0 Å². The van der Waals surface area contributed by atoms with Crippen LogP contribution in [0, 0.1) is 0 Å². The third-order valence-electron chi connectivity index (χ3n) is 3.75. The van der Waals surface area contributed by atoms with E-state index < -0.39 is 23.8 Å². The number of rotatable bonds is 5. The summed E-state index contributed by atoms with van der Waals surface area (Å²) in [6.45, 7) is -0.445. The van der Waals surface area contributed by atoms with E-state index in [0.717, 1.165) is 5.56 Å². The van der Waals surface area contributed by atoms with E-state index in [1.807, 2.05) is 18.2 Å². The van der Waals surface area contributed by atoms with Crippen molar-refractivity contribution in [3.8, 4) is 28.6 Å². The first-order chi connectivity index (χ1) is 12.5. The van der Waals surface area contributed by atoms with Gasteiger partial charge in [0.2, 0.25) is 5.75 Å². The van der Waals surface area contributed by atoms with Crippen molar-refractivity contribution in [1.82, 2.24) is 0 Å². The van der Waals surface area contributed by atoms with Gasteiger partial charge in [0.05, 0.1) is 14.2 Å². The number of esters is 1. The van der Waals surface area contributed by atoms with Crippen molar-refractivity contribution < 1.29 is 28.5 Å². The second kappa shape index (κ2) is 7.18. The fraction of sp³-hybridized carbons (Fsp3) is 0.158. The summed E-state index contributed by atoms with van der Waals surface area (Å²) in [6, 6.07) is 11.8. The van der Waals surface area contributed by atoms with Crippen LogP contribution in [0.3, 0.4) is 0 Å². The Bertz CT molecular complexity index is 1010. The lowest BCUT2D eigenvalue weighted by Crippen LogP contribution is -2.13. The van der Waals surface area contributed by atoms with Crippen molar-refractivity contribution in [2.75, 3.05) is 20.8 Å². The number of hydrogen-bond donors (Lipinski definition) is 1. The van der Waals surface area contributed by atoms with E-state index in [0.29, 0.717) is 5.76 Å². The lowest BCUT2D eigenvalue weighted by atomic mass is 10.1. The zero-order chi connectivity index (χ0) is 18.7. The highest BCUT2D eigenvalue weighted by molar-refractivity contribution is 5.89. The molecule has 0 fully saturated rings. The molecule has 0 aliphatic carbocycles. The SMILES string of the molecule is COC(=O)COc1c(OC)cc2oc(-c3ccccc3)cc(=O)c2c1O. The van der Waals surface area contributed by atoms with E-state index in [9.17, 15) is 14.7 Å². The Kier molecular flexibility index (Phi) is 4.79. The van der Waals surface area contributed by atoms with Crippen LogP contribution in [0.5, 0.6) is 17.2 Å². The molecule has 1 aromatic heterocycles. The summed E-state index contributed by atoms with van der Waals surface area (Å²) in [4.78, 5) is 23.8. The van der Waals surface area contributed by atoms with Crippen LogP contribution >= 0.6 is 0 Å². The third kappa shape index (κ3) is 3.19. The monoisotopic (exact) mass is 356 g/mol. The number of ether oxygens (including phenoxy) is 3. The molecule has 26 heavy (non-hydrogen) atoms. The lowest BCUT2D eigenvalue weighted by molar-refractivity contribution is -0.142. The highest BCUT2D eigenvalue weighted by Gasteiger charge is 2.21. The number of phenols is 1. The molecule has 3 aromatic rings. The van der Waals surface area contributed by atoms with Gasteiger partial charge >= 0.3 is 5.97 Å². The van der Waals surface area contributed by atoms with Gasteiger partial charge in [-0.1, -0.05) is 30.3 Å². The Morgan fingerprint density at radius 3 is 2.54 bits per heavy atom. The number of hydrogen-bond acceptors (Lipinski definition) is 7. The van der Waals surface area contributed by atoms with Gasteiger partial charge in [-0.05, 0) is 0 Å². The average Bonchev–Trinajstić information content (AvgIpc) is 2.66. The summed E-state index contributed by atoms with van der Waals surface area (Å²) in [5.74, 6) is -0.764. The minimum atomic E-state index is -0.641. The van der Waals surface area contributed by atoms with E-state index in [1.165, 1.54) is 26.4 Å². The molecule has 2 aromatic carbocycles. The van der Waals surface area contributed by atoms with Gasteiger partial charge in [-0.3, -0.25) is 4.79 Å². The molecule has 1 heterocycles. The van der Waals surface area contributed by atoms with Crippen molar-refractivity contribution in [2.45, 2.75) is 0 Å². The highest BCUT2D eigenvalue weighted by atomic mass is 16.6.